The third kappa shape index (κ3) is 9.01. The molecule has 2 aromatic carbocycles. The molecule has 0 amide bonds. The minimum absolute atomic E-state index is 0.499. The van der Waals surface area contributed by atoms with E-state index in [2.05, 4.69) is 49.9 Å². The van der Waals surface area contributed by atoms with Crippen LogP contribution in [0.25, 0.3) is 0 Å². The lowest BCUT2D eigenvalue weighted by molar-refractivity contribution is 0.0547. The standard InChI is InChI=1S/C24H33N7O2/c1-31(19-21-10-6-3-7-11-21)24-29-22(26-13-15-33-17-16-32-14-12-25)28-23(30-24)27-18-20-8-4-2-5-9-20/h2-11H,12-19,25H2,1H3,(H2,26,27,28,29,30). The molecule has 0 radical (unpaired) electrons. The van der Waals surface area contributed by atoms with E-state index in [0.29, 0.717) is 70.5 Å². The van der Waals surface area contributed by atoms with Gasteiger partial charge in [0.15, 0.2) is 0 Å². The van der Waals surface area contributed by atoms with Crippen LogP contribution >= 0.6 is 0 Å². The maximum absolute atomic E-state index is 5.57. The van der Waals surface area contributed by atoms with Crippen LogP contribution < -0.4 is 21.3 Å². The number of rotatable bonds is 15. The number of ether oxygens (including phenoxy) is 2. The van der Waals surface area contributed by atoms with E-state index in [1.165, 1.54) is 5.56 Å². The molecule has 0 saturated carbocycles. The summed E-state index contributed by atoms with van der Waals surface area (Å²) in [6, 6.07) is 20.4. The van der Waals surface area contributed by atoms with Gasteiger partial charge in [-0.05, 0) is 11.1 Å². The van der Waals surface area contributed by atoms with Crippen molar-refractivity contribution >= 4 is 17.8 Å². The van der Waals surface area contributed by atoms with Gasteiger partial charge in [-0.1, -0.05) is 60.7 Å². The van der Waals surface area contributed by atoms with Crippen LogP contribution in [0.5, 0.6) is 0 Å². The minimum Gasteiger partial charge on any atom is -0.378 e. The summed E-state index contributed by atoms with van der Waals surface area (Å²) in [4.78, 5) is 15.8. The van der Waals surface area contributed by atoms with Gasteiger partial charge in [0.2, 0.25) is 17.8 Å². The fraction of sp³-hybridized carbons (Fsp3) is 0.375. The Kier molecular flexibility index (Phi) is 10.3. The number of aromatic nitrogens is 3. The second kappa shape index (κ2) is 14.0. The van der Waals surface area contributed by atoms with Gasteiger partial charge >= 0.3 is 0 Å². The summed E-state index contributed by atoms with van der Waals surface area (Å²) < 4.78 is 10.9. The molecule has 33 heavy (non-hydrogen) atoms. The smallest absolute Gasteiger partial charge is 0.231 e. The van der Waals surface area contributed by atoms with E-state index < -0.39 is 0 Å². The summed E-state index contributed by atoms with van der Waals surface area (Å²) in [5, 5.41) is 6.53. The molecule has 1 aromatic heterocycles. The van der Waals surface area contributed by atoms with Crippen LogP contribution in [0.15, 0.2) is 60.7 Å². The predicted octanol–water partition coefficient (Wildman–Crippen LogP) is 2.52. The highest BCUT2D eigenvalue weighted by Gasteiger charge is 2.11. The molecule has 0 bridgehead atoms. The average Bonchev–Trinajstić information content (AvgIpc) is 2.85. The number of benzene rings is 2. The molecular formula is C24H33N7O2. The second-order valence-corrected chi connectivity index (χ2v) is 7.40. The van der Waals surface area contributed by atoms with Crippen LogP contribution in [0.3, 0.4) is 0 Å². The molecular weight excluding hydrogens is 418 g/mol. The number of nitrogens with two attached hydrogens (primary N) is 1. The van der Waals surface area contributed by atoms with Crippen LogP contribution in [-0.4, -0.2) is 61.5 Å². The molecule has 176 valence electrons. The van der Waals surface area contributed by atoms with Crippen LogP contribution in [0.1, 0.15) is 11.1 Å². The highest BCUT2D eigenvalue weighted by molar-refractivity contribution is 5.44. The van der Waals surface area contributed by atoms with Crippen molar-refractivity contribution in [2.45, 2.75) is 13.1 Å². The van der Waals surface area contributed by atoms with Gasteiger partial charge in [-0.25, -0.2) is 0 Å². The van der Waals surface area contributed by atoms with E-state index in [-0.39, 0.29) is 0 Å². The largest absolute Gasteiger partial charge is 0.378 e. The van der Waals surface area contributed by atoms with Crippen molar-refractivity contribution in [2.75, 3.05) is 62.1 Å². The molecule has 0 spiro atoms. The molecule has 9 nitrogen and oxygen atoms in total. The molecule has 0 aliphatic rings. The third-order valence-corrected chi connectivity index (χ3v) is 4.68. The van der Waals surface area contributed by atoms with Gasteiger partial charge in [-0.3, -0.25) is 0 Å². The average molecular weight is 452 g/mol. The summed E-state index contributed by atoms with van der Waals surface area (Å²) in [5.41, 5.74) is 7.72. The zero-order chi connectivity index (χ0) is 23.1. The highest BCUT2D eigenvalue weighted by Crippen LogP contribution is 2.16. The van der Waals surface area contributed by atoms with E-state index in [9.17, 15) is 0 Å². The fourth-order valence-corrected chi connectivity index (χ4v) is 3.04. The molecule has 4 N–H and O–H groups in total. The van der Waals surface area contributed by atoms with Gasteiger partial charge in [-0.2, -0.15) is 15.0 Å². The number of nitrogens with zero attached hydrogens (tertiary/aromatic N) is 4. The van der Waals surface area contributed by atoms with E-state index >= 15 is 0 Å². The van der Waals surface area contributed by atoms with Crippen molar-refractivity contribution in [2.24, 2.45) is 5.73 Å². The molecule has 0 saturated heterocycles. The maximum atomic E-state index is 5.57. The summed E-state index contributed by atoms with van der Waals surface area (Å²) in [7, 11) is 1.97. The number of hydrogen-bond donors (Lipinski definition) is 3. The SMILES string of the molecule is CN(Cc1ccccc1)c1nc(NCCOCCOCCN)nc(NCc2ccccc2)n1. The molecule has 3 aromatic rings. The van der Waals surface area contributed by atoms with Crippen molar-refractivity contribution < 1.29 is 9.47 Å². The molecule has 3 rings (SSSR count). The van der Waals surface area contributed by atoms with Crippen molar-refractivity contribution in [3.05, 3.63) is 71.8 Å². The van der Waals surface area contributed by atoms with Crippen molar-refractivity contribution in [3.8, 4) is 0 Å². The van der Waals surface area contributed by atoms with Gasteiger partial charge in [0.1, 0.15) is 0 Å². The Morgan fingerprint density at radius 2 is 1.36 bits per heavy atom. The first-order valence-electron chi connectivity index (χ1n) is 11.1. The second-order valence-electron chi connectivity index (χ2n) is 7.40. The summed E-state index contributed by atoms with van der Waals surface area (Å²) in [6.45, 7) is 4.51. The van der Waals surface area contributed by atoms with Crippen LogP contribution in [0.4, 0.5) is 17.8 Å². The molecule has 0 atom stereocenters. The fourth-order valence-electron chi connectivity index (χ4n) is 3.04. The van der Waals surface area contributed by atoms with Crippen molar-refractivity contribution in [1.82, 2.24) is 15.0 Å². The zero-order valence-electron chi connectivity index (χ0n) is 19.1. The van der Waals surface area contributed by atoms with Gasteiger partial charge in [0, 0.05) is 33.2 Å². The Balaban J connectivity index is 1.61. The van der Waals surface area contributed by atoms with Gasteiger partial charge in [0.25, 0.3) is 0 Å². The van der Waals surface area contributed by atoms with Gasteiger partial charge < -0.3 is 30.7 Å². The normalized spacial score (nSPS) is 10.7. The van der Waals surface area contributed by atoms with E-state index in [1.54, 1.807) is 0 Å². The Bertz CT molecular complexity index is 929. The first-order valence-corrected chi connectivity index (χ1v) is 11.1. The summed E-state index contributed by atoms with van der Waals surface area (Å²) >= 11 is 0. The predicted molar refractivity (Wildman–Crippen MR) is 131 cm³/mol. The van der Waals surface area contributed by atoms with Crippen LogP contribution in [0, 0.1) is 0 Å². The van der Waals surface area contributed by atoms with Gasteiger partial charge in [0.05, 0.1) is 26.4 Å². The Morgan fingerprint density at radius 3 is 2.03 bits per heavy atom. The van der Waals surface area contributed by atoms with Crippen molar-refractivity contribution in [3.63, 3.8) is 0 Å². The number of nitrogens with one attached hydrogen (secondary N) is 2. The highest BCUT2D eigenvalue weighted by atomic mass is 16.5. The molecule has 9 heteroatoms. The maximum Gasteiger partial charge on any atom is 0.231 e. The van der Waals surface area contributed by atoms with Crippen LogP contribution in [0.2, 0.25) is 0 Å². The lowest BCUT2D eigenvalue weighted by atomic mass is 10.2. The quantitative estimate of drug-likeness (QED) is 0.300. The molecule has 0 fully saturated rings. The molecule has 0 aliphatic carbocycles. The monoisotopic (exact) mass is 451 g/mol. The molecule has 0 unspecified atom stereocenters. The Labute approximate surface area is 195 Å². The Morgan fingerprint density at radius 1 is 0.758 bits per heavy atom. The number of hydrogen-bond acceptors (Lipinski definition) is 9. The first-order chi connectivity index (χ1) is 16.2. The van der Waals surface area contributed by atoms with E-state index in [4.69, 9.17) is 15.2 Å². The van der Waals surface area contributed by atoms with Gasteiger partial charge in [-0.15, -0.1) is 0 Å². The van der Waals surface area contributed by atoms with Crippen LogP contribution in [-0.2, 0) is 22.6 Å². The molecule has 0 aliphatic heterocycles. The molecule has 1 heterocycles. The summed E-state index contributed by atoms with van der Waals surface area (Å²) in [5.74, 6) is 1.60. The van der Waals surface area contributed by atoms with Crippen molar-refractivity contribution in [1.29, 1.82) is 0 Å². The third-order valence-electron chi connectivity index (χ3n) is 4.68. The minimum atomic E-state index is 0.499. The topological polar surface area (TPSA) is 110 Å². The lowest BCUT2D eigenvalue weighted by Gasteiger charge is -2.19. The van der Waals surface area contributed by atoms with E-state index in [1.807, 2.05) is 48.3 Å². The summed E-state index contributed by atoms with van der Waals surface area (Å²) in [6.07, 6.45) is 0. The first kappa shape index (κ1) is 24.4. The number of anilines is 3. The lowest BCUT2D eigenvalue weighted by Crippen LogP contribution is -2.22. The van der Waals surface area contributed by atoms with E-state index in [0.717, 1.165) is 5.56 Å². The Hall–Kier alpha value is -3.27. The zero-order valence-corrected chi connectivity index (χ0v) is 19.1.